The molecular weight excluding hydrogens is 289 g/mol. The van der Waals surface area contributed by atoms with Gasteiger partial charge in [0, 0.05) is 12.4 Å². The Kier molecular flexibility index (Phi) is 2.49. The van der Waals surface area contributed by atoms with Gasteiger partial charge < -0.3 is 4.98 Å². The van der Waals surface area contributed by atoms with Gasteiger partial charge in [-0.3, -0.25) is 9.78 Å². The standard InChI is InChI=1S/C9H4BrF3N2O/c10-6-7(16)4-3-14-2-1-5(4)15-8(6)9(11,12)13/h1-3H,(H,15,16). The number of nitrogens with one attached hydrogen (secondary N) is 1. The molecule has 0 aliphatic carbocycles. The zero-order valence-corrected chi connectivity index (χ0v) is 9.19. The molecule has 2 aromatic heterocycles. The average Bonchev–Trinajstić information content (AvgIpc) is 2.22. The molecule has 84 valence electrons. The van der Waals surface area contributed by atoms with Crippen LogP contribution in [0.1, 0.15) is 5.69 Å². The number of pyridine rings is 2. The number of alkyl halides is 3. The molecule has 16 heavy (non-hydrogen) atoms. The highest BCUT2D eigenvalue weighted by Gasteiger charge is 2.35. The number of hydrogen-bond acceptors (Lipinski definition) is 2. The van der Waals surface area contributed by atoms with Crippen LogP contribution < -0.4 is 5.43 Å². The summed E-state index contributed by atoms with van der Waals surface area (Å²) in [6, 6.07) is 1.32. The summed E-state index contributed by atoms with van der Waals surface area (Å²) in [6.45, 7) is 0. The van der Waals surface area contributed by atoms with E-state index < -0.39 is 21.8 Å². The van der Waals surface area contributed by atoms with Crippen LogP contribution in [0.4, 0.5) is 13.2 Å². The lowest BCUT2D eigenvalue weighted by Crippen LogP contribution is -2.16. The van der Waals surface area contributed by atoms with Crippen molar-refractivity contribution in [2.75, 3.05) is 0 Å². The molecule has 0 bridgehead atoms. The summed E-state index contributed by atoms with van der Waals surface area (Å²) in [6.07, 6.45) is -2.07. The van der Waals surface area contributed by atoms with Crippen LogP contribution in [0.2, 0.25) is 0 Å². The maximum Gasteiger partial charge on any atom is 0.432 e. The number of aromatic nitrogens is 2. The van der Waals surface area contributed by atoms with E-state index in [0.717, 1.165) is 0 Å². The third kappa shape index (κ3) is 1.71. The van der Waals surface area contributed by atoms with Gasteiger partial charge in [-0.25, -0.2) is 0 Å². The Morgan fingerprint density at radius 2 is 2.06 bits per heavy atom. The zero-order chi connectivity index (χ0) is 11.9. The highest BCUT2D eigenvalue weighted by molar-refractivity contribution is 9.10. The second kappa shape index (κ2) is 3.58. The molecule has 0 saturated heterocycles. The highest BCUT2D eigenvalue weighted by Crippen LogP contribution is 2.32. The summed E-state index contributed by atoms with van der Waals surface area (Å²) in [7, 11) is 0. The van der Waals surface area contributed by atoms with Crippen molar-refractivity contribution in [2.45, 2.75) is 6.18 Å². The molecule has 0 unspecified atom stereocenters. The number of halogens is 4. The Balaban J connectivity index is 2.90. The molecule has 0 fully saturated rings. The van der Waals surface area contributed by atoms with Crippen LogP contribution in [0.25, 0.3) is 10.9 Å². The predicted molar refractivity (Wildman–Crippen MR) is 55.1 cm³/mol. The fourth-order valence-corrected chi connectivity index (χ4v) is 1.84. The maximum absolute atomic E-state index is 12.5. The molecule has 0 amide bonds. The monoisotopic (exact) mass is 292 g/mol. The summed E-state index contributed by atoms with van der Waals surface area (Å²) in [5.41, 5.74) is -1.71. The quantitative estimate of drug-likeness (QED) is 0.811. The molecule has 3 nitrogen and oxygen atoms in total. The first-order chi connectivity index (χ1) is 7.41. The topological polar surface area (TPSA) is 45.8 Å². The lowest BCUT2D eigenvalue weighted by atomic mass is 10.2. The van der Waals surface area contributed by atoms with Gasteiger partial charge in [0.25, 0.3) is 0 Å². The van der Waals surface area contributed by atoms with Crippen molar-refractivity contribution >= 4 is 26.8 Å². The SMILES string of the molecule is O=c1c(Br)c(C(F)(F)F)[nH]c2ccncc12. The van der Waals surface area contributed by atoms with E-state index in [1.807, 2.05) is 0 Å². The molecule has 0 spiro atoms. The first-order valence-electron chi connectivity index (χ1n) is 4.14. The normalized spacial score (nSPS) is 12.0. The van der Waals surface area contributed by atoms with Crippen molar-refractivity contribution in [2.24, 2.45) is 0 Å². The van der Waals surface area contributed by atoms with Gasteiger partial charge >= 0.3 is 6.18 Å². The van der Waals surface area contributed by atoms with E-state index in [1.54, 1.807) is 0 Å². The molecule has 0 aromatic carbocycles. The predicted octanol–water partition coefficient (Wildman–Crippen LogP) is 2.70. The lowest BCUT2D eigenvalue weighted by Gasteiger charge is -2.09. The molecule has 0 radical (unpaired) electrons. The first-order valence-corrected chi connectivity index (χ1v) is 4.93. The van der Waals surface area contributed by atoms with E-state index in [9.17, 15) is 18.0 Å². The van der Waals surface area contributed by atoms with Crippen LogP contribution in [-0.2, 0) is 6.18 Å². The van der Waals surface area contributed by atoms with Crippen LogP contribution in [0.5, 0.6) is 0 Å². The highest BCUT2D eigenvalue weighted by atomic mass is 79.9. The van der Waals surface area contributed by atoms with Gasteiger partial charge in [-0.15, -0.1) is 0 Å². The Morgan fingerprint density at radius 3 is 2.69 bits per heavy atom. The second-order valence-corrected chi connectivity index (χ2v) is 3.86. The first kappa shape index (κ1) is 11.1. The number of H-pyrrole nitrogens is 1. The smallest absolute Gasteiger partial charge is 0.350 e. The van der Waals surface area contributed by atoms with Crippen LogP contribution in [0, 0.1) is 0 Å². The molecular formula is C9H4BrF3N2O. The third-order valence-corrected chi connectivity index (χ3v) is 2.78. The van der Waals surface area contributed by atoms with Gasteiger partial charge in [-0.2, -0.15) is 13.2 Å². The zero-order valence-electron chi connectivity index (χ0n) is 7.60. The fraction of sp³-hybridized carbons (Fsp3) is 0.111. The molecule has 0 aliphatic rings. The second-order valence-electron chi connectivity index (χ2n) is 3.06. The van der Waals surface area contributed by atoms with Crippen LogP contribution in [0.3, 0.4) is 0 Å². The molecule has 0 aliphatic heterocycles. The van der Waals surface area contributed by atoms with Gasteiger partial charge in [0.05, 0.1) is 15.4 Å². The summed E-state index contributed by atoms with van der Waals surface area (Å²) >= 11 is 2.65. The Hall–Kier alpha value is -1.37. The summed E-state index contributed by atoms with van der Waals surface area (Å²) in [5.74, 6) is 0. The van der Waals surface area contributed by atoms with Crippen molar-refractivity contribution in [1.29, 1.82) is 0 Å². The van der Waals surface area contributed by atoms with Crippen molar-refractivity contribution in [3.63, 3.8) is 0 Å². The molecule has 2 rings (SSSR count). The molecule has 2 heterocycles. The van der Waals surface area contributed by atoms with Crippen molar-refractivity contribution in [3.8, 4) is 0 Å². The van der Waals surface area contributed by atoms with E-state index >= 15 is 0 Å². The molecule has 1 N–H and O–H groups in total. The largest absolute Gasteiger partial charge is 0.432 e. The molecule has 7 heteroatoms. The van der Waals surface area contributed by atoms with Crippen molar-refractivity contribution < 1.29 is 13.2 Å². The van der Waals surface area contributed by atoms with E-state index in [1.165, 1.54) is 18.5 Å². The van der Waals surface area contributed by atoms with Gasteiger partial charge in [-0.05, 0) is 22.0 Å². The van der Waals surface area contributed by atoms with Crippen LogP contribution in [0.15, 0.2) is 27.7 Å². The Labute approximate surface area is 95.4 Å². The number of fused-ring (bicyclic) bond motifs is 1. The van der Waals surface area contributed by atoms with Crippen molar-refractivity contribution in [1.82, 2.24) is 9.97 Å². The van der Waals surface area contributed by atoms with E-state index in [0.29, 0.717) is 0 Å². The molecule has 0 saturated carbocycles. The maximum atomic E-state index is 12.5. The van der Waals surface area contributed by atoms with Gasteiger partial charge in [0.2, 0.25) is 5.43 Å². The minimum Gasteiger partial charge on any atom is -0.350 e. The van der Waals surface area contributed by atoms with E-state index in [2.05, 4.69) is 25.9 Å². The number of hydrogen-bond donors (Lipinski definition) is 1. The van der Waals surface area contributed by atoms with Gasteiger partial charge in [0.1, 0.15) is 5.69 Å². The number of rotatable bonds is 0. The van der Waals surface area contributed by atoms with Crippen LogP contribution >= 0.6 is 15.9 Å². The third-order valence-electron chi connectivity index (χ3n) is 2.03. The van der Waals surface area contributed by atoms with Crippen molar-refractivity contribution in [3.05, 3.63) is 38.9 Å². The number of aromatic amines is 1. The Bertz CT molecular complexity index is 606. The summed E-state index contributed by atoms with van der Waals surface area (Å²) < 4.78 is 37.1. The van der Waals surface area contributed by atoms with Crippen LogP contribution in [-0.4, -0.2) is 9.97 Å². The summed E-state index contributed by atoms with van der Waals surface area (Å²) in [5, 5.41) is 0.113. The molecule has 2 aromatic rings. The summed E-state index contributed by atoms with van der Waals surface area (Å²) in [4.78, 5) is 17.4. The number of nitrogens with zero attached hydrogens (tertiary/aromatic N) is 1. The Morgan fingerprint density at radius 1 is 1.38 bits per heavy atom. The lowest BCUT2D eigenvalue weighted by molar-refractivity contribution is -0.141. The fourth-order valence-electron chi connectivity index (χ4n) is 1.30. The van der Waals surface area contributed by atoms with E-state index in [4.69, 9.17) is 0 Å². The average molecular weight is 293 g/mol. The van der Waals surface area contributed by atoms with Gasteiger partial charge in [-0.1, -0.05) is 0 Å². The minimum atomic E-state index is -4.60. The minimum absolute atomic E-state index is 0.107. The van der Waals surface area contributed by atoms with E-state index in [-0.39, 0.29) is 10.9 Å². The van der Waals surface area contributed by atoms with Gasteiger partial charge in [0.15, 0.2) is 0 Å². The molecule has 0 atom stereocenters.